The molecule has 2 aromatic rings. The van der Waals surface area contributed by atoms with Gasteiger partial charge in [-0.05, 0) is 30.3 Å². The number of piperazine rings is 1. The average Bonchev–Trinajstić information content (AvgIpc) is 3.17. The van der Waals surface area contributed by atoms with Crippen LogP contribution < -0.4 is 10.2 Å². The van der Waals surface area contributed by atoms with E-state index < -0.39 is 0 Å². The monoisotopic (exact) mass is 420 g/mol. The predicted octanol–water partition coefficient (Wildman–Crippen LogP) is 3.22. The molecule has 0 saturated carbocycles. The van der Waals surface area contributed by atoms with Gasteiger partial charge in [0.1, 0.15) is 5.82 Å². The van der Waals surface area contributed by atoms with E-state index in [9.17, 15) is 9.59 Å². The highest BCUT2D eigenvalue weighted by Gasteiger charge is 2.16. The Balaban J connectivity index is 1.40. The number of thiophene rings is 1. The van der Waals surface area contributed by atoms with Crippen molar-refractivity contribution >= 4 is 40.4 Å². The summed E-state index contributed by atoms with van der Waals surface area (Å²) < 4.78 is 0.580. The van der Waals surface area contributed by atoms with Crippen LogP contribution >= 0.6 is 22.9 Å². The minimum Gasteiger partial charge on any atom is -0.354 e. The molecule has 1 fully saturated rings. The van der Waals surface area contributed by atoms with Gasteiger partial charge < -0.3 is 15.1 Å². The lowest BCUT2D eigenvalue weighted by molar-refractivity contribution is -0.121. The first kappa shape index (κ1) is 20.8. The van der Waals surface area contributed by atoms with Gasteiger partial charge in [-0.2, -0.15) is 0 Å². The van der Waals surface area contributed by atoms with Crippen LogP contribution in [0.25, 0.3) is 0 Å². The molecule has 6 nitrogen and oxygen atoms in total. The number of pyridine rings is 1. The van der Waals surface area contributed by atoms with Gasteiger partial charge in [-0.25, -0.2) is 4.98 Å². The number of likely N-dealkylation sites (N-methyl/N-ethyl adjacent to an activating group) is 1. The summed E-state index contributed by atoms with van der Waals surface area (Å²) in [6.45, 7) is 7.78. The van der Waals surface area contributed by atoms with E-state index in [-0.39, 0.29) is 24.5 Å². The average molecular weight is 421 g/mol. The van der Waals surface area contributed by atoms with Crippen LogP contribution in [0, 0.1) is 0 Å². The Morgan fingerprint density at radius 3 is 2.54 bits per heavy atom. The van der Waals surface area contributed by atoms with Gasteiger partial charge in [0.15, 0.2) is 5.78 Å². The number of Topliss-reactive ketones (excluding diaryl/α,β-unsaturated/α-hetero) is 1. The Hall–Kier alpha value is -1.96. The van der Waals surface area contributed by atoms with Crippen LogP contribution in [0.2, 0.25) is 4.34 Å². The van der Waals surface area contributed by atoms with Gasteiger partial charge in [0.05, 0.1) is 9.21 Å². The summed E-state index contributed by atoms with van der Waals surface area (Å²) in [7, 11) is 0. The second kappa shape index (κ2) is 10.0. The molecule has 1 saturated heterocycles. The molecular weight excluding hydrogens is 396 g/mol. The molecule has 28 heavy (non-hydrogen) atoms. The SMILES string of the molecule is CCN1CCN(c2ccc(CNC(=O)CCC(=O)c3ccc(Cl)s3)cn2)CC1. The van der Waals surface area contributed by atoms with Gasteiger partial charge in [0, 0.05) is 51.8 Å². The van der Waals surface area contributed by atoms with Crippen molar-refractivity contribution in [3.8, 4) is 0 Å². The molecule has 1 amide bonds. The molecule has 150 valence electrons. The summed E-state index contributed by atoms with van der Waals surface area (Å²) >= 11 is 7.08. The van der Waals surface area contributed by atoms with E-state index in [1.807, 2.05) is 12.1 Å². The first-order valence-corrected chi connectivity index (χ1v) is 10.7. The number of ketones is 1. The highest BCUT2D eigenvalue weighted by Crippen LogP contribution is 2.22. The third-order valence-corrected chi connectivity index (χ3v) is 6.14. The fraction of sp³-hybridized carbons (Fsp3) is 0.450. The topological polar surface area (TPSA) is 65.5 Å². The number of halogens is 1. The fourth-order valence-corrected chi connectivity index (χ4v) is 4.12. The number of amides is 1. The summed E-state index contributed by atoms with van der Waals surface area (Å²) in [4.78, 5) is 33.9. The maximum absolute atomic E-state index is 12.0. The van der Waals surface area contributed by atoms with Crippen molar-refractivity contribution in [1.29, 1.82) is 0 Å². The van der Waals surface area contributed by atoms with Crippen LogP contribution in [0.4, 0.5) is 5.82 Å². The van der Waals surface area contributed by atoms with E-state index in [2.05, 4.69) is 27.0 Å². The van der Waals surface area contributed by atoms with E-state index in [0.717, 1.165) is 44.1 Å². The Labute approximate surface area is 174 Å². The number of nitrogens with zero attached hydrogens (tertiary/aromatic N) is 3. The molecule has 8 heteroatoms. The minimum atomic E-state index is -0.143. The van der Waals surface area contributed by atoms with Crippen molar-refractivity contribution < 1.29 is 9.59 Å². The van der Waals surface area contributed by atoms with Crippen molar-refractivity contribution in [2.75, 3.05) is 37.6 Å². The van der Waals surface area contributed by atoms with Crippen molar-refractivity contribution in [3.05, 3.63) is 45.2 Å². The zero-order chi connectivity index (χ0) is 19.9. The molecule has 1 aliphatic heterocycles. The van der Waals surface area contributed by atoms with Gasteiger partial charge in [0.2, 0.25) is 5.91 Å². The summed E-state index contributed by atoms with van der Waals surface area (Å²) in [5.41, 5.74) is 0.945. The third-order valence-electron chi connectivity index (χ3n) is 4.87. The summed E-state index contributed by atoms with van der Waals surface area (Å²) in [6, 6.07) is 7.39. The molecule has 0 spiro atoms. The highest BCUT2D eigenvalue weighted by atomic mass is 35.5. The zero-order valence-electron chi connectivity index (χ0n) is 16.0. The van der Waals surface area contributed by atoms with Gasteiger partial charge in [0.25, 0.3) is 0 Å². The number of carbonyl (C=O) groups is 2. The highest BCUT2D eigenvalue weighted by molar-refractivity contribution is 7.18. The Morgan fingerprint density at radius 1 is 1.14 bits per heavy atom. The molecule has 0 atom stereocenters. The number of carbonyl (C=O) groups excluding carboxylic acids is 2. The van der Waals surface area contributed by atoms with Crippen molar-refractivity contribution in [2.24, 2.45) is 0 Å². The van der Waals surface area contributed by atoms with Gasteiger partial charge in [-0.3, -0.25) is 9.59 Å². The number of hydrogen-bond donors (Lipinski definition) is 1. The van der Waals surface area contributed by atoms with Crippen LogP contribution in [-0.2, 0) is 11.3 Å². The first-order valence-electron chi connectivity index (χ1n) is 9.52. The Kier molecular flexibility index (Phi) is 7.42. The van der Waals surface area contributed by atoms with Crippen molar-refractivity contribution in [2.45, 2.75) is 26.3 Å². The van der Waals surface area contributed by atoms with Crippen LogP contribution in [-0.4, -0.2) is 54.3 Å². The molecule has 0 unspecified atom stereocenters. The lowest BCUT2D eigenvalue weighted by Gasteiger charge is -2.34. The lowest BCUT2D eigenvalue weighted by atomic mass is 10.2. The normalized spacial score (nSPS) is 14.9. The fourth-order valence-electron chi connectivity index (χ4n) is 3.10. The Morgan fingerprint density at radius 2 is 1.93 bits per heavy atom. The van der Waals surface area contributed by atoms with Crippen LogP contribution in [0.5, 0.6) is 0 Å². The molecule has 0 radical (unpaired) electrons. The van der Waals surface area contributed by atoms with Crippen LogP contribution in [0.15, 0.2) is 30.5 Å². The number of anilines is 1. The van der Waals surface area contributed by atoms with E-state index in [1.165, 1.54) is 11.3 Å². The maximum atomic E-state index is 12.0. The standard InChI is InChI=1S/C20H25ClN4O2S/c1-2-24-9-11-25(12-10-24)19-7-3-15(13-22-19)14-23-20(27)8-4-16(26)17-5-6-18(21)28-17/h3,5-7,13H,2,4,8-12,14H2,1H3,(H,23,27). The summed E-state index contributed by atoms with van der Waals surface area (Å²) in [5.74, 6) is 0.781. The second-order valence-electron chi connectivity index (χ2n) is 6.75. The van der Waals surface area contributed by atoms with Gasteiger partial charge in [-0.15, -0.1) is 11.3 Å². The summed E-state index contributed by atoms with van der Waals surface area (Å²) in [6.07, 6.45) is 2.16. The van der Waals surface area contributed by atoms with E-state index in [0.29, 0.717) is 15.8 Å². The quantitative estimate of drug-likeness (QED) is 0.664. The molecule has 0 bridgehead atoms. The van der Waals surface area contributed by atoms with E-state index in [4.69, 9.17) is 11.6 Å². The molecule has 2 aromatic heterocycles. The van der Waals surface area contributed by atoms with Crippen LogP contribution in [0.1, 0.15) is 35.0 Å². The summed E-state index contributed by atoms with van der Waals surface area (Å²) in [5, 5.41) is 2.85. The smallest absolute Gasteiger partial charge is 0.220 e. The molecule has 0 aromatic carbocycles. The maximum Gasteiger partial charge on any atom is 0.220 e. The number of hydrogen-bond acceptors (Lipinski definition) is 6. The second-order valence-corrected chi connectivity index (χ2v) is 8.46. The number of aromatic nitrogens is 1. The molecule has 1 aliphatic rings. The third kappa shape index (κ3) is 5.77. The van der Waals surface area contributed by atoms with Crippen molar-refractivity contribution in [1.82, 2.24) is 15.2 Å². The molecular formula is C20H25ClN4O2S. The number of rotatable bonds is 8. The minimum absolute atomic E-state index is 0.0544. The molecule has 1 N–H and O–H groups in total. The van der Waals surface area contributed by atoms with E-state index in [1.54, 1.807) is 18.3 Å². The zero-order valence-corrected chi connectivity index (χ0v) is 17.6. The molecule has 3 rings (SSSR count). The number of nitrogens with one attached hydrogen (secondary N) is 1. The van der Waals surface area contributed by atoms with Crippen LogP contribution in [0.3, 0.4) is 0 Å². The van der Waals surface area contributed by atoms with Gasteiger partial charge in [-0.1, -0.05) is 24.6 Å². The molecule has 3 heterocycles. The van der Waals surface area contributed by atoms with E-state index >= 15 is 0 Å². The predicted molar refractivity (Wildman–Crippen MR) is 113 cm³/mol. The van der Waals surface area contributed by atoms with Crippen molar-refractivity contribution in [3.63, 3.8) is 0 Å². The largest absolute Gasteiger partial charge is 0.354 e. The molecule has 0 aliphatic carbocycles. The first-order chi connectivity index (χ1) is 13.5. The lowest BCUT2D eigenvalue weighted by Crippen LogP contribution is -2.46. The van der Waals surface area contributed by atoms with Gasteiger partial charge >= 0.3 is 0 Å². The Bertz CT molecular complexity index is 801.